The molecule has 5 nitrogen and oxygen atoms in total. The lowest BCUT2D eigenvalue weighted by Crippen LogP contribution is -2.28. The molecule has 136 valence electrons. The molecule has 2 aromatic carbocycles. The van der Waals surface area contributed by atoms with Gasteiger partial charge in [0.2, 0.25) is 11.8 Å². The summed E-state index contributed by atoms with van der Waals surface area (Å²) in [5.74, 6) is 0.105. The van der Waals surface area contributed by atoms with Crippen LogP contribution in [0, 0.1) is 5.92 Å². The lowest BCUT2D eigenvalue weighted by atomic mass is 10.1. The van der Waals surface area contributed by atoms with Crippen LogP contribution in [0.2, 0.25) is 5.02 Å². The summed E-state index contributed by atoms with van der Waals surface area (Å²) in [7, 11) is 0. The topological polar surface area (TPSA) is 58.6 Å². The lowest BCUT2D eigenvalue weighted by molar-refractivity contribution is -0.122. The third kappa shape index (κ3) is 4.17. The highest BCUT2D eigenvalue weighted by atomic mass is 35.5. The summed E-state index contributed by atoms with van der Waals surface area (Å²) < 4.78 is 5.56. The minimum absolute atomic E-state index is 0.0634. The molecule has 2 amide bonds. The number of nitrogens with zero attached hydrogens (tertiary/aromatic N) is 1. The van der Waals surface area contributed by atoms with Crippen LogP contribution < -0.4 is 15.0 Å². The highest BCUT2D eigenvalue weighted by molar-refractivity contribution is 6.33. The fourth-order valence-corrected chi connectivity index (χ4v) is 3.06. The van der Waals surface area contributed by atoms with Gasteiger partial charge in [0.05, 0.1) is 23.2 Å². The Morgan fingerprint density at radius 3 is 2.65 bits per heavy atom. The Labute approximate surface area is 157 Å². The van der Waals surface area contributed by atoms with Crippen molar-refractivity contribution in [1.29, 1.82) is 0 Å². The Bertz CT molecular complexity index is 792. The molecule has 0 saturated carbocycles. The third-order valence-electron chi connectivity index (χ3n) is 4.25. The van der Waals surface area contributed by atoms with Crippen molar-refractivity contribution in [2.45, 2.75) is 19.8 Å². The van der Waals surface area contributed by atoms with Crippen LogP contribution >= 0.6 is 11.6 Å². The number of ether oxygens (including phenoxy) is 1. The molecule has 0 aromatic heterocycles. The number of hydrogen-bond acceptors (Lipinski definition) is 3. The minimum Gasteiger partial charge on any atom is -0.494 e. The molecular weight excluding hydrogens is 352 g/mol. The van der Waals surface area contributed by atoms with Crippen molar-refractivity contribution in [1.82, 2.24) is 0 Å². The van der Waals surface area contributed by atoms with Crippen molar-refractivity contribution in [2.24, 2.45) is 5.92 Å². The van der Waals surface area contributed by atoms with Crippen molar-refractivity contribution in [2.75, 3.05) is 23.4 Å². The van der Waals surface area contributed by atoms with Crippen LogP contribution in [0.5, 0.6) is 5.75 Å². The molecule has 6 heteroatoms. The summed E-state index contributed by atoms with van der Waals surface area (Å²) in [4.78, 5) is 26.5. The van der Waals surface area contributed by atoms with Gasteiger partial charge >= 0.3 is 0 Å². The monoisotopic (exact) mass is 372 g/mol. The maximum absolute atomic E-state index is 12.5. The number of carbonyl (C=O) groups is 2. The molecule has 26 heavy (non-hydrogen) atoms. The van der Waals surface area contributed by atoms with Gasteiger partial charge in [-0.2, -0.15) is 0 Å². The average molecular weight is 373 g/mol. The summed E-state index contributed by atoms with van der Waals surface area (Å²) in [5, 5.41) is 3.28. The first-order chi connectivity index (χ1) is 12.6. The number of halogens is 1. The molecule has 0 radical (unpaired) electrons. The average Bonchev–Trinajstić information content (AvgIpc) is 3.04. The highest BCUT2D eigenvalue weighted by Crippen LogP contribution is 2.28. The van der Waals surface area contributed by atoms with E-state index in [9.17, 15) is 9.59 Å². The van der Waals surface area contributed by atoms with E-state index in [2.05, 4.69) is 5.32 Å². The highest BCUT2D eigenvalue weighted by Gasteiger charge is 2.35. The van der Waals surface area contributed by atoms with Crippen LogP contribution in [0.4, 0.5) is 11.4 Å². The Morgan fingerprint density at radius 2 is 1.96 bits per heavy atom. The summed E-state index contributed by atoms with van der Waals surface area (Å²) in [5.41, 5.74) is 1.33. The number of carbonyl (C=O) groups excluding carboxylic acids is 2. The van der Waals surface area contributed by atoms with Gasteiger partial charge in [0, 0.05) is 18.7 Å². The van der Waals surface area contributed by atoms with Crippen LogP contribution in [0.15, 0.2) is 48.5 Å². The molecule has 1 saturated heterocycles. The quantitative estimate of drug-likeness (QED) is 0.829. The minimum atomic E-state index is -0.408. The van der Waals surface area contributed by atoms with Crippen molar-refractivity contribution < 1.29 is 14.3 Å². The van der Waals surface area contributed by atoms with Gasteiger partial charge in [-0.3, -0.25) is 9.59 Å². The maximum atomic E-state index is 12.5. The second-order valence-electron chi connectivity index (χ2n) is 6.22. The molecule has 3 rings (SSSR count). The molecule has 1 N–H and O–H groups in total. The first kappa shape index (κ1) is 18.3. The van der Waals surface area contributed by atoms with Crippen molar-refractivity contribution in [3.05, 3.63) is 53.6 Å². The van der Waals surface area contributed by atoms with E-state index in [1.165, 1.54) is 0 Å². The number of nitrogens with one attached hydrogen (secondary N) is 1. The Hall–Kier alpha value is -2.53. The standard InChI is InChI=1S/C20H21ClN2O3/c1-2-11-26-16-9-7-15(8-10-16)23-13-14(12-19(23)24)20(25)22-18-6-4-3-5-17(18)21/h3-10,14H,2,11-13H2,1H3,(H,22,25)/t14-/m1/s1. The summed E-state index contributed by atoms with van der Waals surface area (Å²) in [6, 6.07) is 14.4. The van der Waals surface area contributed by atoms with Gasteiger partial charge in [0.15, 0.2) is 0 Å². The van der Waals surface area contributed by atoms with Gasteiger partial charge in [-0.25, -0.2) is 0 Å². The largest absolute Gasteiger partial charge is 0.494 e. The molecule has 1 atom stereocenters. The van der Waals surface area contributed by atoms with Gasteiger partial charge in [-0.1, -0.05) is 30.7 Å². The molecule has 1 heterocycles. The summed E-state index contributed by atoms with van der Waals surface area (Å²) >= 11 is 6.08. The molecular formula is C20H21ClN2O3. The van der Waals surface area contributed by atoms with Gasteiger partial charge in [0.25, 0.3) is 0 Å². The van der Waals surface area contributed by atoms with Crippen LogP contribution in [0.25, 0.3) is 0 Å². The molecule has 0 spiro atoms. The molecule has 1 fully saturated rings. The van der Waals surface area contributed by atoms with Gasteiger partial charge in [-0.15, -0.1) is 0 Å². The van der Waals surface area contributed by atoms with Crippen LogP contribution in [0.3, 0.4) is 0 Å². The van der Waals surface area contributed by atoms with E-state index in [0.717, 1.165) is 17.9 Å². The summed E-state index contributed by atoms with van der Waals surface area (Å²) in [6.45, 7) is 3.06. The fourth-order valence-electron chi connectivity index (χ4n) is 2.87. The zero-order valence-electron chi connectivity index (χ0n) is 14.6. The number of anilines is 2. The number of para-hydroxylation sites is 1. The molecule has 0 bridgehead atoms. The predicted octanol–water partition coefficient (Wildman–Crippen LogP) is 4.12. The van der Waals surface area contributed by atoms with Crippen LogP contribution in [0.1, 0.15) is 19.8 Å². The molecule has 0 unspecified atom stereocenters. The molecule has 1 aliphatic heterocycles. The molecule has 2 aromatic rings. The van der Waals surface area contributed by atoms with Crippen molar-refractivity contribution in [3.63, 3.8) is 0 Å². The summed E-state index contributed by atoms with van der Waals surface area (Å²) in [6.07, 6.45) is 1.12. The normalized spacial score (nSPS) is 16.6. The van der Waals surface area contributed by atoms with Crippen LogP contribution in [-0.4, -0.2) is 25.0 Å². The predicted molar refractivity (Wildman–Crippen MR) is 103 cm³/mol. The SMILES string of the molecule is CCCOc1ccc(N2C[C@H](C(=O)Nc3ccccc3Cl)CC2=O)cc1. The second-order valence-corrected chi connectivity index (χ2v) is 6.62. The van der Waals surface area contributed by atoms with E-state index in [0.29, 0.717) is 23.9 Å². The van der Waals surface area contributed by atoms with E-state index >= 15 is 0 Å². The van der Waals surface area contributed by atoms with E-state index in [4.69, 9.17) is 16.3 Å². The molecule has 0 aliphatic carbocycles. The number of amides is 2. The van der Waals surface area contributed by atoms with Gasteiger partial charge in [0.1, 0.15) is 5.75 Å². The lowest BCUT2D eigenvalue weighted by Gasteiger charge is -2.17. The first-order valence-electron chi connectivity index (χ1n) is 8.67. The number of benzene rings is 2. The van der Waals surface area contributed by atoms with Gasteiger partial charge in [-0.05, 0) is 42.8 Å². The van der Waals surface area contributed by atoms with Gasteiger partial charge < -0.3 is 15.0 Å². The zero-order valence-corrected chi connectivity index (χ0v) is 15.3. The Morgan fingerprint density at radius 1 is 1.23 bits per heavy atom. The van der Waals surface area contributed by atoms with E-state index in [1.54, 1.807) is 29.2 Å². The number of hydrogen-bond donors (Lipinski definition) is 1. The smallest absolute Gasteiger partial charge is 0.229 e. The Kier molecular flexibility index (Phi) is 5.78. The second kappa shape index (κ2) is 8.23. The molecule has 1 aliphatic rings. The van der Waals surface area contributed by atoms with E-state index < -0.39 is 5.92 Å². The van der Waals surface area contributed by atoms with Crippen molar-refractivity contribution >= 4 is 34.8 Å². The first-order valence-corrected chi connectivity index (χ1v) is 9.05. The van der Waals surface area contributed by atoms with Crippen LogP contribution in [-0.2, 0) is 9.59 Å². The fraction of sp³-hybridized carbons (Fsp3) is 0.300. The maximum Gasteiger partial charge on any atom is 0.229 e. The van der Waals surface area contributed by atoms with Crippen molar-refractivity contribution in [3.8, 4) is 5.75 Å². The Balaban J connectivity index is 1.64. The number of rotatable bonds is 6. The third-order valence-corrected chi connectivity index (χ3v) is 4.58. The zero-order chi connectivity index (χ0) is 18.5. The van der Waals surface area contributed by atoms with E-state index in [1.807, 2.05) is 31.2 Å². The van der Waals surface area contributed by atoms with E-state index in [-0.39, 0.29) is 18.2 Å².